The minimum Gasteiger partial charge on any atom is -0.483 e. The SMILES string of the molecule is Cc1ccc(OCC(=O)NCCN2CCOCC2)c(Br)c1. The van der Waals surface area contributed by atoms with Crippen molar-refractivity contribution in [3.63, 3.8) is 0 Å². The van der Waals surface area contributed by atoms with Gasteiger partial charge in [-0.3, -0.25) is 9.69 Å². The highest BCUT2D eigenvalue weighted by Crippen LogP contribution is 2.25. The molecule has 21 heavy (non-hydrogen) atoms. The number of rotatable bonds is 6. The molecule has 1 aliphatic rings. The van der Waals surface area contributed by atoms with Crippen molar-refractivity contribution >= 4 is 21.8 Å². The molecule has 0 spiro atoms. The summed E-state index contributed by atoms with van der Waals surface area (Å²) in [5, 5.41) is 2.87. The molecule has 1 saturated heterocycles. The Balaban J connectivity index is 1.65. The van der Waals surface area contributed by atoms with Crippen LogP contribution in [0.5, 0.6) is 5.75 Å². The number of hydrogen-bond acceptors (Lipinski definition) is 4. The summed E-state index contributed by atoms with van der Waals surface area (Å²) >= 11 is 3.43. The van der Waals surface area contributed by atoms with E-state index in [2.05, 4.69) is 26.1 Å². The van der Waals surface area contributed by atoms with Gasteiger partial charge < -0.3 is 14.8 Å². The van der Waals surface area contributed by atoms with Crippen LogP contribution in [-0.2, 0) is 9.53 Å². The lowest BCUT2D eigenvalue weighted by atomic mass is 10.2. The van der Waals surface area contributed by atoms with Crippen LogP contribution in [-0.4, -0.2) is 56.8 Å². The van der Waals surface area contributed by atoms with Crippen molar-refractivity contribution in [2.75, 3.05) is 46.0 Å². The van der Waals surface area contributed by atoms with E-state index in [0.29, 0.717) is 12.3 Å². The normalized spacial score (nSPS) is 15.7. The van der Waals surface area contributed by atoms with Gasteiger partial charge in [-0.1, -0.05) is 6.07 Å². The number of halogens is 1. The van der Waals surface area contributed by atoms with Crippen molar-refractivity contribution in [1.29, 1.82) is 0 Å². The van der Waals surface area contributed by atoms with E-state index in [1.807, 2.05) is 25.1 Å². The molecule has 116 valence electrons. The summed E-state index contributed by atoms with van der Waals surface area (Å²) in [6, 6.07) is 5.78. The van der Waals surface area contributed by atoms with Gasteiger partial charge >= 0.3 is 0 Å². The van der Waals surface area contributed by atoms with Crippen molar-refractivity contribution in [2.24, 2.45) is 0 Å². The fourth-order valence-corrected chi connectivity index (χ4v) is 2.70. The van der Waals surface area contributed by atoms with Crippen LogP contribution in [0, 0.1) is 6.92 Å². The van der Waals surface area contributed by atoms with Gasteiger partial charge in [-0.15, -0.1) is 0 Å². The molecule has 0 atom stereocenters. The van der Waals surface area contributed by atoms with E-state index in [-0.39, 0.29) is 12.5 Å². The maximum atomic E-state index is 11.7. The van der Waals surface area contributed by atoms with Crippen LogP contribution in [0.25, 0.3) is 0 Å². The van der Waals surface area contributed by atoms with Crippen LogP contribution in [0.1, 0.15) is 5.56 Å². The summed E-state index contributed by atoms with van der Waals surface area (Å²) in [4.78, 5) is 14.0. The molecule has 0 saturated carbocycles. The number of benzene rings is 1. The van der Waals surface area contributed by atoms with Crippen LogP contribution < -0.4 is 10.1 Å². The highest BCUT2D eigenvalue weighted by molar-refractivity contribution is 9.10. The second-order valence-corrected chi connectivity index (χ2v) is 5.88. The zero-order valence-electron chi connectivity index (χ0n) is 12.2. The smallest absolute Gasteiger partial charge is 0.257 e. The Hall–Kier alpha value is -1.11. The van der Waals surface area contributed by atoms with E-state index in [9.17, 15) is 4.79 Å². The molecule has 0 aliphatic carbocycles. The van der Waals surface area contributed by atoms with E-state index in [0.717, 1.165) is 42.9 Å². The summed E-state index contributed by atoms with van der Waals surface area (Å²) in [5.41, 5.74) is 1.14. The predicted molar refractivity (Wildman–Crippen MR) is 84.6 cm³/mol. The number of nitrogens with one attached hydrogen (secondary N) is 1. The van der Waals surface area contributed by atoms with Crippen LogP contribution in [0.4, 0.5) is 0 Å². The van der Waals surface area contributed by atoms with Crippen molar-refractivity contribution < 1.29 is 14.3 Å². The van der Waals surface area contributed by atoms with Gasteiger partial charge in [0.15, 0.2) is 6.61 Å². The average molecular weight is 357 g/mol. The highest BCUT2D eigenvalue weighted by atomic mass is 79.9. The van der Waals surface area contributed by atoms with Gasteiger partial charge in [-0.2, -0.15) is 0 Å². The molecule has 1 fully saturated rings. The van der Waals surface area contributed by atoms with Gasteiger partial charge in [0.05, 0.1) is 17.7 Å². The first-order valence-corrected chi connectivity index (χ1v) is 7.90. The van der Waals surface area contributed by atoms with E-state index < -0.39 is 0 Å². The second kappa shape index (κ2) is 8.36. The highest BCUT2D eigenvalue weighted by Gasteiger charge is 2.10. The molecule has 1 aromatic rings. The summed E-state index contributed by atoms with van der Waals surface area (Å²) in [5.74, 6) is 0.583. The largest absolute Gasteiger partial charge is 0.483 e. The molecule has 1 aliphatic heterocycles. The van der Waals surface area contributed by atoms with Crippen LogP contribution in [0.3, 0.4) is 0 Å². The third-order valence-corrected chi connectivity index (χ3v) is 3.92. The Morgan fingerprint density at radius 2 is 2.19 bits per heavy atom. The second-order valence-electron chi connectivity index (χ2n) is 5.03. The summed E-state index contributed by atoms with van der Waals surface area (Å²) in [6.45, 7) is 6.95. The number of hydrogen-bond donors (Lipinski definition) is 1. The molecule has 1 N–H and O–H groups in total. The standard InChI is InChI=1S/C15H21BrN2O3/c1-12-2-3-14(13(16)10-12)21-11-15(19)17-4-5-18-6-8-20-9-7-18/h2-3,10H,4-9,11H2,1H3,(H,17,19). The predicted octanol–water partition coefficient (Wildman–Crippen LogP) is 1.58. The minimum absolute atomic E-state index is 0.0325. The Kier molecular flexibility index (Phi) is 6.48. The molecule has 0 radical (unpaired) electrons. The Morgan fingerprint density at radius 3 is 2.90 bits per heavy atom. The number of carbonyl (C=O) groups is 1. The van der Waals surface area contributed by atoms with Gasteiger partial charge in [0.1, 0.15) is 5.75 Å². The third kappa shape index (κ3) is 5.65. The number of carbonyl (C=O) groups excluding carboxylic acids is 1. The van der Waals surface area contributed by atoms with Crippen molar-refractivity contribution in [1.82, 2.24) is 10.2 Å². The number of amides is 1. The topological polar surface area (TPSA) is 50.8 Å². The molecule has 2 rings (SSSR count). The summed E-state index contributed by atoms with van der Waals surface area (Å²) in [6.07, 6.45) is 0. The van der Waals surface area contributed by atoms with Crippen molar-refractivity contribution in [3.05, 3.63) is 28.2 Å². The van der Waals surface area contributed by atoms with Crippen LogP contribution in [0.2, 0.25) is 0 Å². The van der Waals surface area contributed by atoms with Crippen molar-refractivity contribution in [2.45, 2.75) is 6.92 Å². The first-order chi connectivity index (χ1) is 10.1. The average Bonchev–Trinajstić information content (AvgIpc) is 2.47. The maximum absolute atomic E-state index is 11.7. The number of ether oxygens (including phenoxy) is 2. The quantitative estimate of drug-likeness (QED) is 0.840. The Bertz CT molecular complexity index is 476. The van der Waals surface area contributed by atoms with Crippen LogP contribution in [0.15, 0.2) is 22.7 Å². The van der Waals surface area contributed by atoms with Gasteiger partial charge in [0.2, 0.25) is 0 Å². The summed E-state index contributed by atoms with van der Waals surface area (Å²) < 4.78 is 11.6. The summed E-state index contributed by atoms with van der Waals surface area (Å²) in [7, 11) is 0. The fourth-order valence-electron chi connectivity index (χ4n) is 2.10. The van der Waals surface area contributed by atoms with E-state index in [1.165, 1.54) is 0 Å². The van der Waals surface area contributed by atoms with Gasteiger partial charge in [0.25, 0.3) is 5.91 Å². The molecule has 6 heteroatoms. The van der Waals surface area contributed by atoms with Crippen LogP contribution >= 0.6 is 15.9 Å². The lowest BCUT2D eigenvalue weighted by Crippen LogP contribution is -2.42. The lowest BCUT2D eigenvalue weighted by Gasteiger charge is -2.26. The number of nitrogens with zero attached hydrogens (tertiary/aromatic N) is 1. The maximum Gasteiger partial charge on any atom is 0.257 e. The van der Waals surface area contributed by atoms with E-state index >= 15 is 0 Å². The molecular formula is C15H21BrN2O3. The number of morpholine rings is 1. The van der Waals surface area contributed by atoms with Gasteiger partial charge in [-0.25, -0.2) is 0 Å². The molecule has 5 nitrogen and oxygen atoms in total. The monoisotopic (exact) mass is 356 g/mol. The molecule has 1 aromatic carbocycles. The fraction of sp³-hybridized carbons (Fsp3) is 0.533. The Labute approximate surface area is 133 Å². The first kappa shape index (κ1) is 16.3. The molecule has 0 aromatic heterocycles. The van der Waals surface area contributed by atoms with Gasteiger partial charge in [-0.05, 0) is 40.5 Å². The van der Waals surface area contributed by atoms with E-state index in [4.69, 9.17) is 9.47 Å². The molecule has 1 heterocycles. The minimum atomic E-state index is -0.101. The van der Waals surface area contributed by atoms with E-state index in [1.54, 1.807) is 0 Å². The van der Waals surface area contributed by atoms with Gasteiger partial charge in [0, 0.05) is 26.2 Å². The molecule has 0 unspecified atom stereocenters. The molecular weight excluding hydrogens is 336 g/mol. The zero-order valence-corrected chi connectivity index (χ0v) is 13.8. The zero-order chi connectivity index (χ0) is 15.1. The van der Waals surface area contributed by atoms with Crippen molar-refractivity contribution in [3.8, 4) is 5.75 Å². The molecule has 1 amide bonds. The Morgan fingerprint density at radius 1 is 1.43 bits per heavy atom. The molecule has 0 bridgehead atoms. The first-order valence-electron chi connectivity index (χ1n) is 7.11. The third-order valence-electron chi connectivity index (χ3n) is 3.30. The lowest BCUT2D eigenvalue weighted by molar-refractivity contribution is -0.123. The number of aryl methyl sites for hydroxylation is 1.